The lowest BCUT2D eigenvalue weighted by molar-refractivity contribution is -0.767. The summed E-state index contributed by atoms with van der Waals surface area (Å²) in [5.41, 5.74) is -7.65. The normalized spacial score (nSPS) is 23.1. The van der Waals surface area contributed by atoms with Crippen molar-refractivity contribution in [1.82, 2.24) is 0 Å². The van der Waals surface area contributed by atoms with Crippen molar-refractivity contribution < 1.29 is 30.9 Å². The smallest absolute Gasteiger partial charge is 0.549 e. The van der Waals surface area contributed by atoms with Crippen molar-refractivity contribution in [2.75, 3.05) is 0 Å². The fourth-order valence-corrected chi connectivity index (χ4v) is 2.92. The maximum absolute atomic E-state index is 12.2. The molecular weight excluding hydrogens is 263 g/mol. The number of carbonyl (C=O) groups excluding carboxylic acids is 1. The van der Waals surface area contributed by atoms with Crippen molar-refractivity contribution in [3.63, 3.8) is 0 Å². The van der Waals surface area contributed by atoms with E-state index in [9.17, 15) is 31.6 Å². The molecule has 0 aromatic heterocycles. The molecule has 0 heterocycles. The number of aldehydes is 1. The molecule has 17 heavy (non-hydrogen) atoms. The molecule has 100 valence electrons. The van der Waals surface area contributed by atoms with Gasteiger partial charge in [0.1, 0.15) is 0 Å². The number of halogens is 3. The van der Waals surface area contributed by atoms with Gasteiger partial charge in [-0.3, -0.25) is 4.79 Å². The van der Waals surface area contributed by atoms with E-state index in [4.69, 9.17) is 0 Å². The van der Waals surface area contributed by atoms with Crippen LogP contribution in [0.2, 0.25) is 0 Å². The van der Waals surface area contributed by atoms with Crippen LogP contribution >= 0.6 is 0 Å². The first kappa shape index (κ1) is 14.4. The van der Waals surface area contributed by atoms with Gasteiger partial charge in [0.2, 0.25) is 0 Å². The van der Waals surface area contributed by atoms with Gasteiger partial charge in [0, 0.05) is 12.8 Å². The van der Waals surface area contributed by atoms with Crippen LogP contribution in [0.5, 0.6) is 0 Å². The number of alkyl halides is 3. The van der Waals surface area contributed by atoms with Crippen molar-refractivity contribution in [3.8, 4) is 0 Å². The fraction of sp³-hybridized carbons (Fsp3) is 0.875. The summed E-state index contributed by atoms with van der Waals surface area (Å²) in [5, 5.41) is 11.5. The highest BCUT2D eigenvalue weighted by Gasteiger charge is 2.57. The summed E-state index contributed by atoms with van der Waals surface area (Å²) in [6.07, 6.45) is 1.21. The zero-order valence-corrected chi connectivity index (χ0v) is 9.60. The number of quaternary nitrogens is 1. The molecule has 1 rings (SSSR count). The van der Waals surface area contributed by atoms with Gasteiger partial charge in [-0.05, 0) is 12.8 Å². The van der Waals surface area contributed by atoms with Gasteiger partial charge < -0.3 is 5.21 Å². The number of rotatable bonds is 3. The quantitative estimate of drug-likeness (QED) is 0.586. The van der Waals surface area contributed by atoms with E-state index in [0.717, 1.165) is 0 Å². The Morgan fingerprint density at radius 1 is 1.18 bits per heavy atom. The highest BCUT2D eigenvalue weighted by molar-refractivity contribution is 7.86. The first-order chi connectivity index (χ1) is 7.67. The third kappa shape index (κ3) is 2.45. The molecule has 5 nitrogen and oxygen atoms in total. The number of hydroxylamine groups is 1. The summed E-state index contributed by atoms with van der Waals surface area (Å²) in [6.45, 7) is 0. The molecule has 0 saturated heterocycles. The SMILES string of the molecule is O=CC1([NH+]([O-])S(=O)(=O)C(F)(F)F)CCCCC1. The van der Waals surface area contributed by atoms with E-state index in [1.165, 1.54) is 0 Å². The molecule has 0 amide bonds. The molecule has 1 aliphatic carbocycles. The topological polar surface area (TPSA) is 78.7 Å². The zero-order valence-electron chi connectivity index (χ0n) is 8.79. The number of hydrogen-bond acceptors (Lipinski definition) is 4. The van der Waals surface area contributed by atoms with E-state index in [0.29, 0.717) is 19.3 Å². The van der Waals surface area contributed by atoms with E-state index in [1.807, 2.05) is 0 Å². The van der Waals surface area contributed by atoms with E-state index in [2.05, 4.69) is 0 Å². The largest absolute Gasteiger partial charge is 0.617 e. The molecule has 1 N–H and O–H groups in total. The van der Waals surface area contributed by atoms with Crippen LogP contribution < -0.4 is 4.47 Å². The van der Waals surface area contributed by atoms with Crippen molar-refractivity contribution in [1.29, 1.82) is 0 Å². The summed E-state index contributed by atoms with van der Waals surface area (Å²) in [5.74, 6) is 0. The van der Waals surface area contributed by atoms with Crippen LogP contribution in [0.15, 0.2) is 0 Å². The minimum atomic E-state index is -5.92. The summed E-state index contributed by atoms with van der Waals surface area (Å²) < 4.78 is 56.6. The predicted octanol–water partition coefficient (Wildman–Crippen LogP) is 0.120. The van der Waals surface area contributed by atoms with Crippen molar-refractivity contribution >= 4 is 16.3 Å². The average molecular weight is 275 g/mol. The van der Waals surface area contributed by atoms with Crippen LogP contribution in [0.3, 0.4) is 0 Å². The Balaban J connectivity index is 3.09. The van der Waals surface area contributed by atoms with Gasteiger partial charge in [0.15, 0.2) is 11.8 Å². The van der Waals surface area contributed by atoms with E-state index in [1.54, 1.807) is 0 Å². The molecule has 0 aromatic rings. The zero-order chi connectivity index (χ0) is 13.3. The molecule has 1 unspecified atom stereocenters. The van der Waals surface area contributed by atoms with Gasteiger partial charge in [-0.15, -0.1) is 0 Å². The molecule has 0 bridgehead atoms. The molecule has 0 spiro atoms. The molecule has 0 aromatic carbocycles. The Morgan fingerprint density at radius 3 is 2.00 bits per heavy atom. The fourth-order valence-electron chi connectivity index (χ4n) is 1.93. The van der Waals surface area contributed by atoms with Gasteiger partial charge in [-0.2, -0.15) is 21.6 Å². The standard InChI is InChI=1S/C8H12F3NO4S/c9-8(10,11)17(15,16)12(14)7(6-13)4-2-1-3-5-7/h6,12H,1-5H2. The highest BCUT2D eigenvalue weighted by Crippen LogP contribution is 2.27. The van der Waals surface area contributed by atoms with Gasteiger partial charge in [0.25, 0.3) is 0 Å². The molecule has 1 fully saturated rings. The third-order valence-electron chi connectivity index (χ3n) is 2.93. The molecule has 1 aliphatic rings. The maximum Gasteiger partial charge on any atom is 0.549 e. The summed E-state index contributed by atoms with van der Waals surface area (Å²) in [4.78, 5) is 10.8. The lowest BCUT2D eigenvalue weighted by Gasteiger charge is -2.40. The Hall–Kier alpha value is -0.670. The first-order valence-electron chi connectivity index (χ1n) is 4.99. The number of nitrogens with one attached hydrogen (secondary N) is 1. The second-order valence-electron chi connectivity index (χ2n) is 4.07. The highest BCUT2D eigenvalue weighted by atomic mass is 32.2. The Kier molecular flexibility index (Phi) is 3.84. The van der Waals surface area contributed by atoms with E-state index >= 15 is 0 Å². The van der Waals surface area contributed by atoms with Crippen molar-refractivity contribution in [3.05, 3.63) is 5.21 Å². The Labute approximate surface area is 96.2 Å². The first-order valence-corrected chi connectivity index (χ1v) is 6.48. The molecule has 1 saturated carbocycles. The van der Waals surface area contributed by atoms with Crippen LogP contribution in [-0.4, -0.2) is 25.8 Å². The molecule has 1 atom stereocenters. The van der Waals surface area contributed by atoms with E-state index in [-0.39, 0.29) is 19.1 Å². The van der Waals surface area contributed by atoms with Gasteiger partial charge in [-0.1, -0.05) is 6.42 Å². The van der Waals surface area contributed by atoms with Gasteiger partial charge >= 0.3 is 15.5 Å². The minimum Gasteiger partial charge on any atom is -0.617 e. The van der Waals surface area contributed by atoms with E-state index < -0.39 is 25.5 Å². The number of hydrogen-bond donors (Lipinski definition) is 1. The monoisotopic (exact) mass is 275 g/mol. The molecule has 0 aliphatic heterocycles. The predicted molar refractivity (Wildman–Crippen MR) is 51.2 cm³/mol. The molecule has 0 radical (unpaired) electrons. The maximum atomic E-state index is 12.2. The van der Waals surface area contributed by atoms with Crippen LogP contribution in [0.25, 0.3) is 0 Å². The molecular formula is C8H12F3NO4S. The number of sulfonamides is 1. The second kappa shape index (κ2) is 4.54. The molecule has 9 heteroatoms. The third-order valence-corrected chi connectivity index (χ3v) is 4.43. The summed E-state index contributed by atoms with van der Waals surface area (Å²) in [6, 6.07) is 0. The van der Waals surface area contributed by atoms with Gasteiger partial charge in [-0.25, -0.2) is 4.47 Å². The summed E-state index contributed by atoms with van der Waals surface area (Å²) >= 11 is 0. The van der Waals surface area contributed by atoms with Crippen LogP contribution in [0.1, 0.15) is 32.1 Å². The van der Waals surface area contributed by atoms with Crippen LogP contribution in [-0.2, 0) is 14.8 Å². The lowest BCUT2D eigenvalue weighted by atomic mass is 9.84. The van der Waals surface area contributed by atoms with Crippen LogP contribution in [0, 0.1) is 5.21 Å². The minimum absolute atomic E-state index is 0.0534. The van der Waals surface area contributed by atoms with Crippen molar-refractivity contribution in [2.24, 2.45) is 0 Å². The Bertz CT molecular complexity index is 386. The van der Waals surface area contributed by atoms with Crippen LogP contribution in [0.4, 0.5) is 13.2 Å². The van der Waals surface area contributed by atoms with Crippen molar-refractivity contribution in [2.45, 2.75) is 43.2 Å². The Morgan fingerprint density at radius 2 is 1.65 bits per heavy atom. The number of carbonyl (C=O) groups is 1. The second-order valence-corrected chi connectivity index (χ2v) is 5.91. The average Bonchev–Trinajstić information content (AvgIpc) is 2.27. The summed E-state index contributed by atoms with van der Waals surface area (Å²) in [7, 11) is -5.92. The lowest BCUT2D eigenvalue weighted by Crippen LogP contribution is -3.19. The van der Waals surface area contributed by atoms with Gasteiger partial charge in [0.05, 0.1) is 0 Å².